The summed E-state index contributed by atoms with van der Waals surface area (Å²) in [4.78, 5) is 20.7. The summed E-state index contributed by atoms with van der Waals surface area (Å²) < 4.78 is 27.6. The third kappa shape index (κ3) is 2.70. The van der Waals surface area contributed by atoms with Gasteiger partial charge in [-0.15, -0.1) is 0 Å². The fourth-order valence-corrected chi connectivity index (χ4v) is 5.97. The molecule has 7 heteroatoms. The molecule has 0 aromatic carbocycles. The number of carbonyl (C=O) groups excluding carboxylic acids is 1. The molecule has 2 atom stereocenters. The third-order valence-corrected chi connectivity index (χ3v) is 7.34. The molecule has 0 amide bonds. The van der Waals surface area contributed by atoms with Crippen molar-refractivity contribution >= 4 is 15.8 Å². The zero-order valence-electron chi connectivity index (χ0n) is 13.8. The first-order valence-electron chi connectivity index (χ1n) is 7.94. The van der Waals surface area contributed by atoms with Crippen LogP contribution in [-0.2, 0) is 21.4 Å². The Labute approximate surface area is 137 Å². The normalized spacial score (nSPS) is 29.2. The molecule has 2 bridgehead atoms. The number of aromatic nitrogens is 2. The molecule has 1 aromatic heterocycles. The van der Waals surface area contributed by atoms with E-state index in [4.69, 9.17) is 0 Å². The number of nitrogens with one attached hydrogen (secondary N) is 1. The van der Waals surface area contributed by atoms with Crippen molar-refractivity contribution in [1.29, 1.82) is 0 Å². The maximum Gasteiger partial charge on any atom is 0.212 e. The zero-order chi connectivity index (χ0) is 16.9. The standard InChI is InChI=1S/C16H23N3O3S/c1-11-7-18-13(8-17-11)9-19-23(21,22)10-16-5-4-12(6-14(16)20)15(16,2)3/h7-8,12,19H,4-6,9-10H2,1-3H3/t12-,16?/m0/s1. The maximum absolute atomic E-state index is 12.5. The highest BCUT2D eigenvalue weighted by Gasteiger charge is 2.65. The lowest BCUT2D eigenvalue weighted by Crippen LogP contribution is -2.45. The van der Waals surface area contributed by atoms with Crippen LogP contribution in [0.2, 0.25) is 0 Å². The van der Waals surface area contributed by atoms with Gasteiger partial charge in [0.15, 0.2) is 0 Å². The molecular weight excluding hydrogens is 314 g/mol. The number of carbonyl (C=O) groups is 1. The zero-order valence-corrected chi connectivity index (χ0v) is 14.6. The molecule has 126 valence electrons. The first kappa shape index (κ1) is 16.5. The van der Waals surface area contributed by atoms with Crippen LogP contribution in [0.15, 0.2) is 12.4 Å². The molecule has 1 aromatic rings. The molecule has 3 rings (SSSR count). The van der Waals surface area contributed by atoms with E-state index >= 15 is 0 Å². The molecule has 1 N–H and O–H groups in total. The Morgan fingerprint density at radius 2 is 2.04 bits per heavy atom. The molecule has 0 saturated heterocycles. The van der Waals surface area contributed by atoms with Gasteiger partial charge in [-0.25, -0.2) is 13.1 Å². The molecule has 0 aliphatic heterocycles. The lowest BCUT2D eigenvalue weighted by Gasteiger charge is -2.36. The van der Waals surface area contributed by atoms with Gasteiger partial charge in [-0.2, -0.15) is 0 Å². The summed E-state index contributed by atoms with van der Waals surface area (Å²) in [7, 11) is -3.56. The first-order valence-corrected chi connectivity index (χ1v) is 9.60. The van der Waals surface area contributed by atoms with Crippen LogP contribution in [0.25, 0.3) is 0 Å². The average molecular weight is 337 g/mol. The van der Waals surface area contributed by atoms with E-state index < -0.39 is 15.4 Å². The molecule has 6 nitrogen and oxygen atoms in total. The van der Waals surface area contributed by atoms with Crippen LogP contribution in [0.1, 0.15) is 44.5 Å². The third-order valence-electron chi connectivity index (χ3n) is 5.88. The van der Waals surface area contributed by atoms with Crippen molar-refractivity contribution in [2.75, 3.05) is 5.75 Å². The van der Waals surface area contributed by atoms with Gasteiger partial charge in [0.25, 0.3) is 0 Å². The quantitative estimate of drug-likeness (QED) is 0.881. The number of rotatable bonds is 5. The minimum Gasteiger partial charge on any atom is -0.299 e. The minimum absolute atomic E-state index is 0.101. The van der Waals surface area contributed by atoms with Crippen molar-refractivity contribution in [1.82, 2.24) is 14.7 Å². The summed E-state index contributed by atoms with van der Waals surface area (Å²) in [5, 5.41) is 0. The highest BCUT2D eigenvalue weighted by atomic mass is 32.2. The SMILES string of the molecule is Cc1cnc(CNS(=O)(=O)CC23CC[C@@H](CC2=O)C3(C)C)cn1. The number of nitrogens with zero attached hydrogens (tertiary/aromatic N) is 2. The number of hydrogen-bond acceptors (Lipinski definition) is 5. The van der Waals surface area contributed by atoms with Crippen LogP contribution in [-0.4, -0.2) is 29.9 Å². The number of Topliss-reactive ketones (excluding diaryl/α,β-unsaturated/α-hetero) is 1. The van der Waals surface area contributed by atoms with E-state index in [-0.39, 0.29) is 23.5 Å². The Morgan fingerprint density at radius 1 is 1.30 bits per heavy atom. The summed E-state index contributed by atoms with van der Waals surface area (Å²) in [5.74, 6) is 0.300. The van der Waals surface area contributed by atoms with Gasteiger partial charge in [0.05, 0.1) is 29.9 Å². The van der Waals surface area contributed by atoms with E-state index in [1.54, 1.807) is 12.4 Å². The summed E-state index contributed by atoms with van der Waals surface area (Å²) in [6.45, 7) is 6.00. The predicted molar refractivity (Wildman–Crippen MR) is 86.0 cm³/mol. The van der Waals surface area contributed by atoms with E-state index in [9.17, 15) is 13.2 Å². The lowest BCUT2D eigenvalue weighted by atomic mass is 9.70. The predicted octanol–water partition coefficient (Wildman–Crippen LogP) is 1.60. The van der Waals surface area contributed by atoms with Gasteiger partial charge < -0.3 is 0 Å². The lowest BCUT2D eigenvalue weighted by molar-refractivity contribution is -0.128. The smallest absolute Gasteiger partial charge is 0.212 e. The van der Waals surface area contributed by atoms with Gasteiger partial charge in [-0.05, 0) is 31.1 Å². The Balaban J connectivity index is 1.73. The average Bonchev–Trinajstić information content (AvgIpc) is 2.80. The van der Waals surface area contributed by atoms with Gasteiger partial charge in [0.2, 0.25) is 10.0 Å². The van der Waals surface area contributed by atoms with Gasteiger partial charge >= 0.3 is 0 Å². The van der Waals surface area contributed by atoms with Crippen LogP contribution in [0.5, 0.6) is 0 Å². The Morgan fingerprint density at radius 3 is 2.57 bits per heavy atom. The van der Waals surface area contributed by atoms with Gasteiger partial charge in [-0.1, -0.05) is 13.8 Å². The monoisotopic (exact) mass is 337 g/mol. The number of aryl methyl sites for hydroxylation is 1. The van der Waals surface area contributed by atoms with Crippen molar-refractivity contribution in [2.24, 2.45) is 16.7 Å². The van der Waals surface area contributed by atoms with Gasteiger partial charge in [0.1, 0.15) is 5.78 Å². The molecule has 2 fully saturated rings. The Hall–Kier alpha value is -1.34. The second-order valence-corrected chi connectivity index (χ2v) is 9.20. The summed E-state index contributed by atoms with van der Waals surface area (Å²) in [6, 6.07) is 0. The van der Waals surface area contributed by atoms with Crippen LogP contribution in [0.4, 0.5) is 0 Å². The number of hydrogen-bond donors (Lipinski definition) is 1. The van der Waals surface area contributed by atoms with Crippen LogP contribution in [0.3, 0.4) is 0 Å². The van der Waals surface area contributed by atoms with Crippen LogP contribution >= 0.6 is 0 Å². The minimum atomic E-state index is -3.56. The van der Waals surface area contributed by atoms with Crippen LogP contribution < -0.4 is 4.72 Å². The first-order chi connectivity index (χ1) is 10.7. The van der Waals surface area contributed by atoms with E-state index in [1.807, 2.05) is 20.8 Å². The second kappa shape index (κ2) is 5.34. The summed E-state index contributed by atoms with van der Waals surface area (Å²) in [5.41, 5.74) is 0.370. The van der Waals surface area contributed by atoms with E-state index in [0.717, 1.165) is 12.1 Å². The van der Waals surface area contributed by atoms with Crippen molar-refractivity contribution in [2.45, 2.75) is 46.6 Å². The van der Waals surface area contributed by atoms with E-state index in [2.05, 4.69) is 14.7 Å². The number of fused-ring (bicyclic) bond motifs is 2. The van der Waals surface area contributed by atoms with Gasteiger partial charge in [0, 0.05) is 18.0 Å². The molecule has 0 radical (unpaired) electrons. The number of ketones is 1. The molecule has 2 aliphatic rings. The Kier molecular flexibility index (Phi) is 3.84. The number of sulfonamides is 1. The highest BCUT2D eigenvalue weighted by molar-refractivity contribution is 7.89. The summed E-state index contributed by atoms with van der Waals surface area (Å²) >= 11 is 0. The van der Waals surface area contributed by atoms with Crippen LogP contribution in [0, 0.1) is 23.7 Å². The highest BCUT2D eigenvalue weighted by Crippen LogP contribution is 2.64. The fourth-order valence-electron chi connectivity index (χ4n) is 4.18. The Bertz CT molecular complexity index is 727. The molecule has 2 saturated carbocycles. The largest absolute Gasteiger partial charge is 0.299 e. The van der Waals surface area contributed by atoms with E-state index in [1.165, 1.54) is 0 Å². The molecule has 1 heterocycles. The topological polar surface area (TPSA) is 89.0 Å². The van der Waals surface area contributed by atoms with Crippen molar-refractivity contribution in [3.05, 3.63) is 23.8 Å². The van der Waals surface area contributed by atoms with Crippen molar-refractivity contribution in [3.8, 4) is 0 Å². The molecule has 1 unspecified atom stereocenters. The fraction of sp³-hybridized carbons (Fsp3) is 0.688. The maximum atomic E-state index is 12.5. The molecule has 2 aliphatic carbocycles. The second-order valence-electron chi connectivity index (χ2n) is 7.40. The van der Waals surface area contributed by atoms with Crippen molar-refractivity contribution < 1.29 is 13.2 Å². The molecule has 0 spiro atoms. The molecule has 23 heavy (non-hydrogen) atoms. The summed E-state index contributed by atoms with van der Waals surface area (Å²) in [6.07, 6.45) is 5.30. The van der Waals surface area contributed by atoms with Crippen molar-refractivity contribution in [3.63, 3.8) is 0 Å². The van der Waals surface area contributed by atoms with Gasteiger partial charge in [-0.3, -0.25) is 14.8 Å². The van der Waals surface area contributed by atoms with E-state index in [0.29, 0.717) is 24.5 Å². The molecular formula is C16H23N3O3S.